The van der Waals surface area contributed by atoms with Crippen LogP contribution in [0.15, 0.2) is 0 Å². The molecule has 0 fully saturated rings. The van der Waals surface area contributed by atoms with Gasteiger partial charge >= 0.3 is 5.97 Å². The molecular formula is C6H13NO5S. The lowest BCUT2D eigenvalue weighted by Crippen LogP contribution is -2.37. The van der Waals surface area contributed by atoms with Crippen molar-refractivity contribution in [3.8, 4) is 0 Å². The normalized spacial score (nSPS) is 14.0. The van der Waals surface area contributed by atoms with Crippen LogP contribution >= 0.6 is 0 Å². The number of hydrogen-bond donors (Lipinski definition) is 2. The molecule has 0 spiro atoms. The number of nitrogens with one attached hydrogen (secondary N) is 1. The van der Waals surface area contributed by atoms with Gasteiger partial charge in [0.2, 0.25) is 10.0 Å². The van der Waals surface area contributed by atoms with Crippen molar-refractivity contribution in [2.24, 2.45) is 0 Å². The monoisotopic (exact) mass is 211 g/mol. The standard InChI is InChI=1S/C6H13NO5S/c1-5(4-12-2)13(10,11)7-3-6(8)9/h5,7H,3-4H2,1-2H3,(H,8,9). The zero-order valence-corrected chi connectivity index (χ0v) is 8.30. The highest BCUT2D eigenvalue weighted by atomic mass is 32.2. The number of aliphatic carboxylic acids is 1. The molecule has 0 amide bonds. The van der Waals surface area contributed by atoms with Crippen LogP contribution in [0.25, 0.3) is 0 Å². The van der Waals surface area contributed by atoms with Crippen LogP contribution in [0.4, 0.5) is 0 Å². The summed E-state index contributed by atoms with van der Waals surface area (Å²) in [5.74, 6) is -1.21. The molecule has 0 aliphatic rings. The van der Waals surface area contributed by atoms with Crippen LogP contribution in [0.5, 0.6) is 0 Å². The fraction of sp³-hybridized carbons (Fsp3) is 0.833. The van der Waals surface area contributed by atoms with Crippen molar-refractivity contribution < 1.29 is 23.1 Å². The highest BCUT2D eigenvalue weighted by Gasteiger charge is 2.20. The van der Waals surface area contributed by atoms with Crippen LogP contribution in [-0.2, 0) is 19.6 Å². The summed E-state index contributed by atoms with van der Waals surface area (Å²) in [4.78, 5) is 10.1. The average Bonchev–Trinajstić information content (AvgIpc) is 2.01. The van der Waals surface area contributed by atoms with E-state index in [4.69, 9.17) is 5.11 Å². The van der Waals surface area contributed by atoms with E-state index in [2.05, 4.69) is 4.74 Å². The van der Waals surface area contributed by atoms with Crippen molar-refractivity contribution in [2.75, 3.05) is 20.3 Å². The van der Waals surface area contributed by atoms with Crippen LogP contribution < -0.4 is 4.72 Å². The number of rotatable bonds is 6. The molecule has 0 aromatic rings. The lowest BCUT2D eigenvalue weighted by molar-refractivity contribution is -0.135. The Balaban J connectivity index is 4.15. The van der Waals surface area contributed by atoms with Gasteiger partial charge in [-0.05, 0) is 6.92 Å². The lowest BCUT2D eigenvalue weighted by Gasteiger charge is -2.11. The molecule has 0 radical (unpaired) electrons. The van der Waals surface area contributed by atoms with Gasteiger partial charge in [-0.15, -0.1) is 0 Å². The molecule has 0 saturated heterocycles. The first-order valence-corrected chi connectivity index (χ1v) is 5.14. The predicted octanol–water partition coefficient (Wildman–Crippen LogP) is -0.975. The summed E-state index contributed by atoms with van der Waals surface area (Å²) in [6.45, 7) is 0.874. The Labute approximate surface area is 76.9 Å². The fourth-order valence-electron chi connectivity index (χ4n) is 0.629. The number of hydrogen-bond acceptors (Lipinski definition) is 4. The molecule has 7 heteroatoms. The molecule has 0 rings (SSSR count). The van der Waals surface area contributed by atoms with Crippen LogP contribution in [0, 0.1) is 0 Å². The summed E-state index contributed by atoms with van der Waals surface area (Å²) in [5.41, 5.74) is 0. The molecule has 1 unspecified atom stereocenters. The molecular weight excluding hydrogens is 198 g/mol. The van der Waals surface area contributed by atoms with Crippen molar-refractivity contribution in [3.05, 3.63) is 0 Å². The molecule has 13 heavy (non-hydrogen) atoms. The van der Waals surface area contributed by atoms with E-state index >= 15 is 0 Å². The molecule has 0 aliphatic heterocycles. The second-order valence-corrected chi connectivity index (χ2v) is 4.71. The van der Waals surface area contributed by atoms with E-state index in [0.29, 0.717) is 0 Å². The largest absolute Gasteiger partial charge is 0.480 e. The molecule has 78 valence electrons. The zero-order valence-electron chi connectivity index (χ0n) is 7.48. The molecule has 0 aliphatic carbocycles. The number of carboxylic acid groups (broad SMARTS) is 1. The Bertz CT molecular complexity index is 260. The molecule has 0 heterocycles. The van der Waals surface area contributed by atoms with E-state index in [9.17, 15) is 13.2 Å². The SMILES string of the molecule is COCC(C)S(=O)(=O)NCC(=O)O. The van der Waals surface area contributed by atoms with Gasteiger partial charge in [0.15, 0.2) is 0 Å². The third-order valence-electron chi connectivity index (χ3n) is 1.36. The van der Waals surface area contributed by atoms with Gasteiger partial charge in [-0.2, -0.15) is 0 Å². The van der Waals surface area contributed by atoms with Gasteiger partial charge in [-0.1, -0.05) is 0 Å². The molecule has 0 aromatic carbocycles. The van der Waals surface area contributed by atoms with Gasteiger partial charge in [-0.3, -0.25) is 4.79 Å². The Morgan fingerprint density at radius 3 is 2.54 bits per heavy atom. The second-order valence-electron chi connectivity index (χ2n) is 2.53. The van der Waals surface area contributed by atoms with E-state index in [-0.39, 0.29) is 6.61 Å². The summed E-state index contributed by atoms with van der Waals surface area (Å²) in [6, 6.07) is 0. The summed E-state index contributed by atoms with van der Waals surface area (Å²) in [7, 11) is -2.20. The number of carbonyl (C=O) groups is 1. The fourth-order valence-corrected chi connectivity index (χ4v) is 1.55. The number of carboxylic acids is 1. The first-order chi connectivity index (χ1) is 5.90. The first kappa shape index (κ1) is 12.3. The Morgan fingerprint density at radius 1 is 1.62 bits per heavy atom. The van der Waals surface area contributed by atoms with Gasteiger partial charge < -0.3 is 9.84 Å². The molecule has 0 saturated carbocycles. The highest BCUT2D eigenvalue weighted by molar-refractivity contribution is 7.90. The van der Waals surface area contributed by atoms with Crippen molar-refractivity contribution in [2.45, 2.75) is 12.2 Å². The van der Waals surface area contributed by atoms with Crippen molar-refractivity contribution >= 4 is 16.0 Å². The third kappa shape index (κ3) is 4.81. The maximum absolute atomic E-state index is 11.2. The topological polar surface area (TPSA) is 92.7 Å². The summed E-state index contributed by atoms with van der Waals surface area (Å²) in [6.07, 6.45) is 0. The van der Waals surface area contributed by atoms with Crippen LogP contribution in [0.3, 0.4) is 0 Å². The minimum atomic E-state index is -3.57. The van der Waals surface area contributed by atoms with E-state index in [0.717, 1.165) is 0 Å². The summed E-state index contributed by atoms with van der Waals surface area (Å²) in [5, 5.41) is 7.48. The quantitative estimate of drug-likeness (QED) is 0.589. The van der Waals surface area contributed by atoms with E-state index in [1.807, 2.05) is 4.72 Å². The van der Waals surface area contributed by atoms with E-state index in [1.165, 1.54) is 14.0 Å². The van der Waals surface area contributed by atoms with Gasteiger partial charge in [0.25, 0.3) is 0 Å². The van der Waals surface area contributed by atoms with Gasteiger partial charge in [0.05, 0.1) is 11.9 Å². The van der Waals surface area contributed by atoms with Crippen molar-refractivity contribution in [1.29, 1.82) is 0 Å². The highest BCUT2D eigenvalue weighted by Crippen LogP contribution is 1.97. The van der Waals surface area contributed by atoms with Gasteiger partial charge in [0, 0.05) is 7.11 Å². The lowest BCUT2D eigenvalue weighted by atomic mass is 10.5. The molecule has 6 nitrogen and oxygen atoms in total. The van der Waals surface area contributed by atoms with Crippen molar-refractivity contribution in [3.63, 3.8) is 0 Å². The molecule has 0 aromatic heterocycles. The van der Waals surface area contributed by atoms with Gasteiger partial charge in [-0.25, -0.2) is 13.1 Å². The average molecular weight is 211 g/mol. The number of methoxy groups -OCH3 is 1. The molecule has 1 atom stereocenters. The minimum Gasteiger partial charge on any atom is -0.480 e. The number of sulfonamides is 1. The Kier molecular flexibility index (Phi) is 4.89. The first-order valence-electron chi connectivity index (χ1n) is 3.59. The van der Waals surface area contributed by atoms with Gasteiger partial charge in [0.1, 0.15) is 6.54 Å². The van der Waals surface area contributed by atoms with E-state index in [1.54, 1.807) is 0 Å². The predicted molar refractivity (Wildman–Crippen MR) is 45.9 cm³/mol. The summed E-state index contributed by atoms with van der Waals surface area (Å²) >= 11 is 0. The zero-order chi connectivity index (χ0) is 10.5. The van der Waals surface area contributed by atoms with Crippen LogP contribution in [0.1, 0.15) is 6.92 Å². The molecule has 0 bridgehead atoms. The maximum Gasteiger partial charge on any atom is 0.318 e. The smallest absolute Gasteiger partial charge is 0.318 e. The minimum absolute atomic E-state index is 0.0367. The third-order valence-corrected chi connectivity index (χ3v) is 3.10. The molecule has 2 N–H and O–H groups in total. The van der Waals surface area contributed by atoms with Crippen LogP contribution in [-0.4, -0.2) is 45.0 Å². The maximum atomic E-state index is 11.2. The Morgan fingerprint density at radius 2 is 2.15 bits per heavy atom. The van der Waals surface area contributed by atoms with Crippen LogP contribution in [0.2, 0.25) is 0 Å². The Hall–Kier alpha value is -0.660. The van der Waals surface area contributed by atoms with E-state index < -0.39 is 27.8 Å². The summed E-state index contributed by atoms with van der Waals surface area (Å²) < 4.78 is 28.9. The van der Waals surface area contributed by atoms with Crippen molar-refractivity contribution in [1.82, 2.24) is 4.72 Å². The second kappa shape index (κ2) is 5.15. The number of ether oxygens (including phenoxy) is 1.